The lowest BCUT2D eigenvalue weighted by Crippen LogP contribution is -2.28. The number of nitrogens with one attached hydrogen (secondary N) is 1. The first-order valence-electron chi connectivity index (χ1n) is 11.4. The molecule has 8 heteroatoms. The van der Waals surface area contributed by atoms with Gasteiger partial charge in [-0.05, 0) is 67.8 Å². The summed E-state index contributed by atoms with van der Waals surface area (Å²) in [6.07, 6.45) is 1.78. The predicted octanol–water partition coefficient (Wildman–Crippen LogP) is 3.80. The van der Waals surface area contributed by atoms with Crippen molar-refractivity contribution >= 4 is 35.1 Å². The molecule has 0 aromatic heterocycles. The van der Waals surface area contributed by atoms with Crippen LogP contribution in [0.3, 0.4) is 0 Å². The lowest BCUT2D eigenvalue weighted by molar-refractivity contribution is -0.151. The second-order valence-electron chi connectivity index (χ2n) is 8.47. The van der Waals surface area contributed by atoms with E-state index in [1.807, 2.05) is 39.0 Å². The Kier molecular flexibility index (Phi) is 8.40. The van der Waals surface area contributed by atoms with Crippen LogP contribution in [-0.2, 0) is 23.9 Å². The van der Waals surface area contributed by atoms with E-state index in [1.54, 1.807) is 29.2 Å². The molecule has 1 aliphatic rings. The molecule has 0 saturated carbocycles. The van der Waals surface area contributed by atoms with Gasteiger partial charge in [-0.25, -0.2) is 4.79 Å². The van der Waals surface area contributed by atoms with Crippen molar-refractivity contribution in [1.29, 1.82) is 0 Å². The number of amides is 2. The molecule has 1 saturated heterocycles. The van der Waals surface area contributed by atoms with Gasteiger partial charge >= 0.3 is 11.9 Å². The number of nitrogens with zero attached hydrogens (tertiary/aromatic N) is 1. The Morgan fingerprint density at radius 3 is 2.35 bits per heavy atom. The van der Waals surface area contributed by atoms with Gasteiger partial charge < -0.3 is 19.7 Å². The number of carbonyl (C=O) groups is 4. The molecular weight excluding hydrogens is 436 g/mol. The second kappa shape index (κ2) is 11.4. The maximum Gasteiger partial charge on any atom is 0.338 e. The molecule has 0 aliphatic carbocycles. The summed E-state index contributed by atoms with van der Waals surface area (Å²) in [5, 5.41) is 2.62. The molecule has 2 aromatic carbocycles. The third-order valence-corrected chi connectivity index (χ3v) is 5.46. The van der Waals surface area contributed by atoms with Crippen molar-refractivity contribution in [2.45, 2.75) is 40.0 Å². The van der Waals surface area contributed by atoms with Crippen LogP contribution in [0.25, 0.3) is 0 Å². The lowest BCUT2D eigenvalue weighted by atomic mass is 10.1. The Balaban J connectivity index is 1.47. The van der Waals surface area contributed by atoms with Crippen LogP contribution in [0.15, 0.2) is 42.5 Å². The molecule has 1 atom stereocenters. The topological polar surface area (TPSA) is 102 Å². The second-order valence-corrected chi connectivity index (χ2v) is 8.47. The standard InChI is InChI=1S/C26H30N2O6/c1-4-5-10-33-25(31)19-6-8-21(9-7-19)27-23(29)16-34-26(32)20-14-24(30)28(15-20)22-12-17(2)11-18(3)13-22/h6-9,11-13,20H,4-5,10,14-16H2,1-3H3,(H,27,29)/t20-/m0/s1. The molecular formula is C26H30N2O6. The summed E-state index contributed by atoms with van der Waals surface area (Å²) in [5.74, 6) is -2.28. The Morgan fingerprint density at radius 2 is 1.71 bits per heavy atom. The Labute approximate surface area is 199 Å². The number of anilines is 2. The van der Waals surface area contributed by atoms with Crippen LogP contribution in [-0.4, -0.2) is 43.5 Å². The predicted molar refractivity (Wildman–Crippen MR) is 128 cm³/mol. The highest BCUT2D eigenvalue weighted by Crippen LogP contribution is 2.27. The van der Waals surface area contributed by atoms with E-state index in [2.05, 4.69) is 5.32 Å². The number of unbranched alkanes of at least 4 members (excludes halogenated alkanes) is 1. The smallest absolute Gasteiger partial charge is 0.338 e. The van der Waals surface area contributed by atoms with E-state index in [4.69, 9.17) is 9.47 Å². The van der Waals surface area contributed by atoms with Gasteiger partial charge in [0.15, 0.2) is 6.61 Å². The number of hydrogen-bond donors (Lipinski definition) is 1. The van der Waals surface area contributed by atoms with Crippen LogP contribution in [0.2, 0.25) is 0 Å². The number of hydrogen-bond acceptors (Lipinski definition) is 6. The molecule has 1 aliphatic heterocycles. The number of esters is 2. The zero-order valence-corrected chi connectivity index (χ0v) is 19.8. The number of benzene rings is 2. The number of aryl methyl sites for hydroxylation is 2. The molecule has 0 bridgehead atoms. The first-order chi connectivity index (χ1) is 16.3. The van der Waals surface area contributed by atoms with E-state index in [9.17, 15) is 19.2 Å². The molecule has 1 N–H and O–H groups in total. The summed E-state index contributed by atoms with van der Waals surface area (Å²) in [7, 11) is 0. The zero-order valence-electron chi connectivity index (χ0n) is 19.8. The number of ether oxygens (including phenoxy) is 2. The van der Waals surface area contributed by atoms with Crippen LogP contribution in [0.1, 0.15) is 47.7 Å². The fourth-order valence-electron chi connectivity index (χ4n) is 3.76. The van der Waals surface area contributed by atoms with E-state index in [1.165, 1.54) is 0 Å². The quantitative estimate of drug-likeness (QED) is 0.446. The Bertz CT molecular complexity index is 1040. The minimum atomic E-state index is -0.626. The summed E-state index contributed by atoms with van der Waals surface area (Å²) >= 11 is 0. The molecule has 1 heterocycles. The van der Waals surface area contributed by atoms with Gasteiger partial charge in [-0.15, -0.1) is 0 Å². The van der Waals surface area contributed by atoms with Gasteiger partial charge in [0.25, 0.3) is 5.91 Å². The first kappa shape index (κ1) is 25.0. The highest BCUT2D eigenvalue weighted by atomic mass is 16.5. The lowest BCUT2D eigenvalue weighted by Gasteiger charge is -2.18. The summed E-state index contributed by atoms with van der Waals surface area (Å²) in [6.45, 7) is 6.04. The molecule has 0 spiro atoms. The molecule has 34 heavy (non-hydrogen) atoms. The van der Waals surface area contributed by atoms with Crippen molar-refractivity contribution in [1.82, 2.24) is 0 Å². The maximum absolute atomic E-state index is 12.5. The SMILES string of the molecule is CCCCOC(=O)c1ccc(NC(=O)COC(=O)[C@H]2CC(=O)N(c3cc(C)cc(C)c3)C2)cc1. The molecule has 0 radical (unpaired) electrons. The summed E-state index contributed by atoms with van der Waals surface area (Å²) < 4.78 is 10.3. The van der Waals surface area contributed by atoms with Gasteiger partial charge in [0.05, 0.1) is 18.1 Å². The van der Waals surface area contributed by atoms with Crippen LogP contribution >= 0.6 is 0 Å². The molecule has 1 fully saturated rings. The molecule has 3 rings (SSSR count). The molecule has 8 nitrogen and oxygen atoms in total. The van der Waals surface area contributed by atoms with E-state index in [0.717, 1.165) is 29.7 Å². The van der Waals surface area contributed by atoms with Crippen molar-refractivity contribution in [2.75, 3.05) is 30.0 Å². The number of carbonyl (C=O) groups excluding carboxylic acids is 4. The highest BCUT2D eigenvalue weighted by molar-refractivity contribution is 6.00. The summed E-state index contributed by atoms with van der Waals surface area (Å²) in [4.78, 5) is 50.6. The molecule has 0 unspecified atom stereocenters. The fraction of sp³-hybridized carbons (Fsp3) is 0.385. The Hall–Kier alpha value is -3.68. The van der Waals surface area contributed by atoms with Gasteiger partial charge in [0, 0.05) is 24.3 Å². The van der Waals surface area contributed by atoms with Gasteiger partial charge in [-0.1, -0.05) is 19.4 Å². The largest absolute Gasteiger partial charge is 0.462 e. The molecule has 180 valence electrons. The molecule has 2 aromatic rings. The van der Waals surface area contributed by atoms with Crippen molar-refractivity contribution in [2.24, 2.45) is 5.92 Å². The maximum atomic E-state index is 12.5. The van der Waals surface area contributed by atoms with Crippen molar-refractivity contribution < 1.29 is 28.7 Å². The van der Waals surface area contributed by atoms with Crippen LogP contribution in [0, 0.1) is 19.8 Å². The summed E-state index contributed by atoms with van der Waals surface area (Å²) in [6, 6.07) is 12.1. The van der Waals surface area contributed by atoms with E-state index >= 15 is 0 Å². The van der Waals surface area contributed by atoms with Crippen LogP contribution < -0.4 is 10.2 Å². The van der Waals surface area contributed by atoms with Gasteiger partial charge in [-0.3, -0.25) is 14.4 Å². The zero-order chi connectivity index (χ0) is 24.7. The first-order valence-corrected chi connectivity index (χ1v) is 11.4. The number of rotatable bonds is 9. The van der Waals surface area contributed by atoms with Gasteiger partial charge in [0.1, 0.15) is 0 Å². The average molecular weight is 467 g/mol. The normalized spacial score (nSPS) is 15.2. The fourth-order valence-corrected chi connectivity index (χ4v) is 3.76. The van der Waals surface area contributed by atoms with Crippen molar-refractivity contribution in [3.63, 3.8) is 0 Å². The average Bonchev–Trinajstić information content (AvgIpc) is 3.19. The highest BCUT2D eigenvalue weighted by Gasteiger charge is 2.36. The van der Waals surface area contributed by atoms with Gasteiger partial charge in [0.2, 0.25) is 5.91 Å². The molecule has 2 amide bonds. The van der Waals surface area contributed by atoms with E-state index in [-0.39, 0.29) is 18.9 Å². The van der Waals surface area contributed by atoms with Crippen LogP contribution in [0.4, 0.5) is 11.4 Å². The van der Waals surface area contributed by atoms with Crippen molar-refractivity contribution in [3.05, 3.63) is 59.2 Å². The monoisotopic (exact) mass is 466 g/mol. The minimum absolute atomic E-state index is 0.0449. The van der Waals surface area contributed by atoms with E-state index < -0.39 is 30.4 Å². The third kappa shape index (κ3) is 6.66. The third-order valence-electron chi connectivity index (χ3n) is 5.46. The minimum Gasteiger partial charge on any atom is -0.462 e. The van der Waals surface area contributed by atoms with Crippen LogP contribution in [0.5, 0.6) is 0 Å². The van der Waals surface area contributed by atoms with Gasteiger partial charge in [-0.2, -0.15) is 0 Å². The summed E-state index contributed by atoms with van der Waals surface area (Å²) in [5.41, 5.74) is 3.68. The van der Waals surface area contributed by atoms with E-state index in [0.29, 0.717) is 17.9 Å². The van der Waals surface area contributed by atoms with Crippen molar-refractivity contribution in [3.8, 4) is 0 Å². The Morgan fingerprint density at radius 1 is 1.03 bits per heavy atom.